The third-order valence-electron chi connectivity index (χ3n) is 5.78. The van der Waals surface area contributed by atoms with E-state index in [0.717, 1.165) is 29.7 Å². The molecule has 1 aliphatic rings. The van der Waals surface area contributed by atoms with E-state index in [0.29, 0.717) is 28.6 Å². The topological polar surface area (TPSA) is 85.9 Å². The second-order valence-electron chi connectivity index (χ2n) is 7.90. The Kier molecular flexibility index (Phi) is 5.73. The van der Waals surface area contributed by atoms with Crippen molar-refractivity contribution in [3.05, 3.63) is 71.8 Å². The highest BCUT2D eigenvalue weighted by Crippen LogP contribution is 2.36. The van der Waals surface area contributed by atoms with Crippen molar-refractivity contribution in [1.82, 2.24) is 19.5 Å². The van der Waals surface area contributed by atoms with Crippen molar-refractivity contribution in [2.24, 2.45) is 0 Å². The largest absolute Gasteiger partial charge is 0.493 e. The van der Waals surface area contributed by atoms with Crippen LogP contribution in [0.1, 0.15) is 42.6 Å². The average molecular weight is 438 g/mol. The van der Waals surface area contributed by atoms with E-state index in [4.69, 9.17) is 19.7 Å². The molecule has 3 heterocycles. The number of methoxy groups -OCH3 is 1. The Hall–Kier alpha value is -4.18. The van der Waals surface area contributed by atoms with Gasteiger partial charge >= 0.3 is 0 Å². The molecule has 1 aromatic carbocycles. The monoisotopic (exact) mass is 437 g/mol. The molecule has 7 heteroatoms. The van der Waals surface area contributed by atoms with Crippen LogP contribution in [0, 0.1) is 11.3 Å². The molecular weight excluding hydrogens is 414 g/mol. The van der Waals surface area contributed by atoms with Crippen LogP contribution < -0.4 is 9.47 Å². The number of fused-ring (bicyclic) bond motifs is 1. The minimum absolute atomic E-state index is 0.213. The van der Waals surface area contributed by atoms with Crippen LogP contribution in [0.2, 0.25) is 0 Å². The van der Waals surface area contributed by atoms with Crippen molar-refractivity contribution in [3.63, 3.8) is 0 Å². The molecule has 1 saturated carbocycles. The molecule has 5 rings (SSSR count). The molecule has 0 saturated heterocycles. The molecule has 0 amide bonds. The summed E-state index contributed by atoms with van der Waals surface area (Å²) in [5.41, 5.74) is 2.87. The van der Waals surface area contributed by atoms with Crippen LogP contribution in [0.3, 0.4) is 0 Å². The summed E-state index contributed by atoms with van der Waals surface area (Å²) in [6.45, 7) is 0. The molecule has 0 spiro atoms. The van der Waals surface area contributed by atoms with Gasteiger partial charge in [0.2, 0.25) is 0 Å². The molecular formula is C26H23N5O2. The fourth-order valence-electron chi connectivity index (χ4n) is 4.14. The SMILES string of the molecule is COc1cccc(/C=C/c2nc3cccnc3n2-c2ccc(C#N)cn2)c1OC1CCCC1. The van der Waals surface area contributed by atoms with Crippen molar-refractivity contribution in [1.29, 1.82) is 5.26 Å². The molecule has 164 valence electrons. The number of nitrogens with zero attached hydrogens (tertiary/aromatic N) is 5. The van der Waals surface area contributed by atoms with Crippen molar-refractivity contribution >= 4 is 23.3 Å². The summed E-state index contributed by atoms with van der Waals surface area (Å²) in [6, 6.07) is 15.3. The summed E-state index contributed by atoms with van der Waals surface area (Å²) >= 11 is 0. The molecule has 0 atom stereocenters. The van der Waals surface area contributed by atoms with Crippen LogP contribution in [-0.4, -0.2) is 32.7 Å². The lowest BCUT2D eigenvalue weighted by molar-refractivity contribution is 0.200. The molecule has 1 fully saturated rings. The molecule has 0 bridgehead atoms. The quantitative estimate of drug-likeness (QED) is 0.413. The van der Waals surface area contributed by atoms with E-state index in [9.17, 15) is 0 Å². The second-order valence-corrected chi connectivity index (χ2v) is 7.90. The molecule has 7 nitrogen and oxygen atoms in total. The highest BCUT2D eigenvalue weighted by Gasteiger charge is 2.20. The summed E-state index contributed by atoms with van der Waals surface area (Å²) < 4.78 is 13.8. The predicted octanol–water partition coefficient (Wildman–Crippen LogP) is 5.19. The number of nitriles is 1. The summed E-state index contributed by atoms with van der Waals surface area (Å²) in [7, 11) is 1.66. The first-order valence-corrected chi connectivity index (χ1v) is 11.0. The Balaban J connectivity index is 1.57. The van der Waals surface area contributed by atoms with Crippen LogP contribution >= 0.6 is 0 Å². The Bertz CT molecular complexity index is 1350. The lowest BCUT2D eigenvalue weighted by Crippen LogP contribution is -2.12. The first kappa shape index (κ1) is 20.7. The fourth-order valence-corrected chi connectivity index (χ4v) is 4.14. The van der Waals surface area contributed by atoms with E-state index < -0.39 is 0 Å². The standard InChI is InChI=1S/C26H23N5O2/c1-32-22-10-4-6-19(25(22)33-20-7-2-3-8-20)12-14-24-30-21-9-5-15-28-26(21)31(24)23-13-11-18(16-27)17-29-23/h4-6,9-15,17,20H,2-3,7-8H2,1H3/b14-12+. The minimum Gasteiger partial charge on any atom is -0.493 e. The zero-order valence-corrected chi connectivity index (χ0v) is 18.3. The number of ether oxygens (including phenoxy) is 2. The first-order valence-electron chi connectivity index (χ1n) is 11.0. The second kappa shape index (κ2) is 9.13. The van der Waals surface area contributed by atoms with E-state index >= 15 is 0 Å². The van der Waals surface area contributed by atoms with Gasteiger partial charge in [0, 0.05) is 18.0 Å². The van der Waals surface area contributed by atoms with Crippen LogP contribution in [0.15, 0.2) is 54.9 Å². The van der Waals surface area contributed by atoms with Gasteiger partial charge in [0.1, 0.15) is 23.2 Å². The summed E-state index contributed by atoms with van der Waals surface area (Å²) in [6.07, 6.45) is 11.9. The van der Waals surface area contributed by atoms with Gasteiger partial charge in [-0.05, 0) is 68.2 Å². The Morgan fingerprint density at radius 3 is 2.70 bits per heavy atom. The Labute approximate surface area is 192 Å². The summed E-state index contributed by atoms with van der Waals surface area (Å²) in [5.74, 6) is 2.78. The van der Waals surface area contributed by atoms with Gasteiger partial charge in [-0.3, -0.25) is 4.57 Å². The van der Waals surface area contributed by atoms with Gasteiger partial charge in [-0.15, -0.1) is 0 Å². The zero-order chi connectivity index (χ0) is 22.6. The number of para-hydroxylation sites is 1. The molecule has 0 radical (unpaired) electrons. The molecule has 0 N–H and O–H groups in total. The third kappa shape index (κ3) is 4.15. The van der Waals surface area contributed by atoms with E-state index in [1.165, 1.54) is 12.8 Å². The van der Waals surface area contributed by atoms with Gasteiger partial charge in [0.25, 0.3) is 0 Å². The van der Waals surface area contributed by atoms with Gasteiger partial charge in [0.15, 0.2) is 17.1 Å². The van der Waals surface area contributed by atoms with E-state index in [2.05, 4.69) is 16.0 Å². The van der Waals surface area contributed by atoms with Crippen molar-refractivity contribution in [3.8, 4) is 23.4 Å². The first-order chi connectivity index (χ1) is 16.3. The number of aromatic nitrogens is 4. The lowest BCUT2D eigenvalue weighted by Gasteiger charge is -2.18. The number of hydrogen-bond acceptors (Lipinski definition) is 6. The van der Waals surface area contributed by atoms with E-state index in [1.54, 1.807) is 31.6 Å². The Morgan fingerprint density at radius 2 is 1.94 bits per heavy atom. The molecule has 0 aliphatic heterocycles. The zero-order valence-electron chi connectivity index (χ0n) is 18.3. The Morgan fingerprint density at radius 1 is 1.06 bits per heavy atom. The van der Waals surface area contributed by atoms with E-state index in [-0.39, 0.29) is 6.10 Å². The van der Waals surface area contributed by atoms with Crippen molar-refractivity contribution in [2.45, 2.75) is 31.8 Å². The van der Waals surface area contributed by atoms with Gasteiger partial charge in [-0.1, -0.05) is 12.1 Å². The van der Waals surface area contributed by atoms with Crippen LogP contribution in [-0.2, 0) is 0 Å². The number of benzene rings is 1. The predicted molar refractivity (Wildman–Crippen MR) is 126 cm³/mol. The number of imidazole rings is 1. The maximum Gasteiger partial charge on any atom is 0.168 e. The minimum atomic E-state index is 0.213. The number of pyridine rings is 2. The molecule has 4 aromatic rings. The smallest absolute Gasteiger partial charge is 0.168 e. The fraction of sp³-hybridized carbons (Fsp3) is 0.231. The molecule has 1 aliphatic carbocycles. The number of rotatable bonds is 6. The third-order valence-corrected chi connectivity index (χ3v) is 5.78. The highest BCUT2D eigenvalue weighted by atomic mass is 16.5. The average Bonchev–Trinajstić information content (AvgIpc) is 3.51. The van der Waals surface area contributed by atoms with Gasteiger partial charge < -0.3 is 9.47 Å². The van der Waals surface area contributed by atoms with Gasteiger partial charge in [-0.2, -0.15) is 5.26 Å². The maximum atomic E-state index is 9.11. The van der Waals surface area contributed by atoms with Crippen molar-refractivity contribution in [2.75, 3.05) is 7.11 Å². The summed E-state index contributed by atoms with van der Waals surface area (Å²) in [5, 5.41) is 9.11. The van der Waals surface area contributed by atoms with Crippen LogP contribution in [0.4, 0.5) is 0 Å². The van der Waals surface area contributed by atoms with Gasteiger partial charge in [0.05, 0.1) is 18.8 Å². The van der Waals surface area contributed by atoms with Crippen molar-refractivity contribution < 1.29 is 9.47 Å². The molecule has 0 unspecified atom stereocenters. The van der Waals surface area contributed by atoms with E-state index in [1.807, 2.05) is 47.1 Å². The van der Waals surface area contributed by atoms with Gasteiger partial charge in [-0.25, -0.2) is 15.0 Å². The van der Waals surface area contributed by atoms with Crippen LogP contribution in [0.25, 0.3) is 29.1 Å². The van der Waals surface area contributed by atoms with Crippen LogP contribution in [0.5, 0.6) is 11.5 Å². The maximum absolute atomic E-state index is 9.11. The normalized spacial score (nSPS) is 14.1. The number of hydrogen-bond donors (Lipinski definition) is 0. The molecule has 33 heavy (non-hydrogen) atoms. The highest BCUT2D eigenvalue weighted by molar-refractivity contribution is 5.80. The lowest BCUT2D eigenvalue weighted by atomic mass is 10.1. The summed E-state index contributed by atoms with van der Waals surface area (Å²) in [4.78, 5) is 13.7. The molecule has 3 aromatic heterocycles.